The van der Waals surface area contributed by atoms with Crippen LogP contribution in [0.25, 0.3) is 0 Å². The fourth-order valence-corrected chi connectivity index (χ4v) is 3.38. The maximum Gasteiger partial charge on any atom is 0.259 e. The number of aliphatic hydroxyl groups excluding tert-OH is 1. The first-order chi connectivity index (χ1) is 14.1. The van der Waals surface area contributed by atoms with Gasteiger partial charge in [-0.15, -0.1) is 0 Å². The Morgan fingerprint density at radius 1 is 1.00 bits per heavy atom. The van der Waals surface area contributed by atoms with Crippen molar-refractivity contribution in [2.45, 2.75) is 20.5 Å². The van der Waals surface area contributed by atoms with Gasteiger partial charge >= 0.3 is 0 Å². The maximum atomic E-state index is 12.8. The van der Waals surface area contributed by atoms with Gasteiger partial charge < -0.3 is 9.84 Å². The number of nitrogens with zero attached hydrogens (tertiary/aromatic N) is 4. The first-order valence-corrected chi connectivity index (χ1v) is 9.58. The lowest BCUT2D eigenvalue weighted by atomic mass is 10.2. The molecule has 0 radical (unpaired) electrons. The van der Waals surface area contributed by atoms with Gasteiger partial charge in [0.25, 0.3) is 5.56 Å². The third kappa shape index (κ3) is 3.87. The van der Waals surface area contributed by atoms with Crippen molar-refractivity contribution in [2.75, 3.05) is 24.7 Å². The molecule has 0 amide bonds. The number of rotatable bonds is 5. The standard InChI is InChI=1S/C22H24N4O3/c1-16-17(2)23-22-25(14-24(12-13-27)15-26(22)21(16)28)18-8-10-20(11-9-18)29-19-6-4-3-5-7-19/h3-11,27H,12-15H2,1-2H3. The summed E-state index contributed by atoms with van der Waals surface area (Å²) >= 11 is 0. The molecule has 0 fully saturated rings. The molecule has 0 atom stereocenters. The van der Waals surface area contributed by atoms with Crippen molar-refractivity contribution in [2.24, 2.45) is 0 Å². The molecule has 150 valence electrons. The van der Waals surface area contributed by atoms with Crippen LogP contribution in [0.4, 0.5) is 11.6 Å². The van der Waals surface area contributed by atoms with Gasteiger partial charge in [-0.1, -0.05) is 18.2 Å². The van der Waals surface area contributed by atoms with Gasteiger partial charge in [0.2, 0.25) is 5.95 Å². The monoisotopic (exact) mass is 392 g/mol. The normalized spacial score (nSPS) is 14.0. The SMILES string of the molecule is Cc1nc2n(c(=O)c1C)CN(CCO)CN2c1ccc(Oc2ccccc2)cc1. The van der Waals surface area contributed by atoms with E-state index in [2.05, 4.69) is 4.98 Å². The maximum absolute atomic E-state index is 12.8. The number of para-hydroxylation sites is 1. The van der Waals surface area contributed by atoms with Crippen LogP contribution in [0.1, 0.15) is 11.3 Å². The van der Waals surface area contributed by atoms with E-state index in [9.17, 15) is 9.90 Å². The topological polar surface area (TPSA) is 70.8 Å². The van der Waals surface area contributed by atoms with E-state index < -0.39 is 0 Å². The summed E-state index contributed by atoms with van der Waals surface area (Å²) in [7, 11) is 0. The smallest absolute Gasteiger partial charge is 0.259 e. The molecule has 0 unspecified atom stereocenters. The average molecular weight is 392 g/mol. The Morgan fingerprint density at radius 3 is 2.38 bits per heavy atom. The van der Waals surface area contributed by atoms with E-state index >= 15 is 0 Å². The predicted molar refractivity (Wildman–Crippen MR) is 112 cm³/mol. The van der Waals surface area contributed by atoms with Crippen LogP contribution in [-0.2, 0) is 6.67 Å². The molecular weight excluding hydrogens is 368 g/mol. The zero-order valence-electron chi connectivity index (χ0n) is 16.6. The number of benzene rings is 2. The Morgan fingerprint density at radius 2 is 1.69 bits per heavy atom. The van der Waals surface area contributed by atoms with E-state index in [0.717, 1.165) is 22.9 Å². The van der Waals surface area contributed by atoms with Gasteiger partial charge in [0.1, 0.15) is 11.5 Å². The minimum atomic E-state index is -0.0517. The largest absolute Gasteiger partial charge is 0.457 e. The summed E-state index contributed by atoms with van der Waals surface area (Å²) in [5.41, 5.74) is 2.22. The molecule has 4 rings (SSSR count). The van der Waals surface area contributed by atoms with Crippen molar-refractivity contribution in [1.82, 2.24) is 14.5 Å². The third-order valence-corrected chi connectivity index (χ3v) is 5.09. The van der Waals surface area contributed by atoms with E-state index in [1.54, 1.807) is 11.5 Å². The summed E-state index contributed by atoms with van der Waals surface area (Å²) in [6, 6.07) is 17.3. The Kier molecular flexibility index (Phi) is 5.33. The fourth-order valence-electron chi connectivity index (χ4n) is 3.38. The van der Waals surface area contributed by atoms with Gasteiger partial charge in [-0.2, -0.15) is 0 Å². The molecule has 1 aliphatic heterocycles. The van der Waals surface area contributed by atoms with Gasteiger partial charge in [0.15, 0.2) is 0 Å². The highest BCUT2D eigenvalue weighted by Crippen LogP contribution is 2.30. The molecule has 1 N–H and O–H groups in total. The molecule has 0 saturated carbocycles. The summed E-state index contributed by atoms with van der Waals surface area (Å²) < 4.78 is 7.53. The highest BCUT2D eigenvalue weighted by atomic mass is 16.5. The molecule has 0 saturated heterocycles. The molecule has 1 aromatic heterocycles. The number of hydrogen-bond donors (Lipinski definition) is 1. The van der Waals surface area contributed by atoms with Crippen LogP contribution < -0.4 is 15.2 Å². The fraction of sp³-hybridized carbons (Fsp3) is 0.273. The highest BCUT2D eigenvalue weighted by Gasteiger charge is 2.26. The van der Waals surface area contributed by atoms with Crippen LogP contribution in [0.5, 0.6) is 11.5 Å². The second-order valence-corrected chi connectivity index (χ2v) is 7.09. The Labute approximate surface area is 169 Å². The average Bonchev–Trinajstić information content (AvgIpc) is 2.74. The molecule has 7 nitrogen and oxygen atoms in total. The van der Waals surface area contributed by atoms with E-state index in [-0.39, 0.29) is 12.2 Å². The zero-order valence-corrected chi connectivity index (χ0v) is 16.6. The van der Waals surface area contributed by atoms with E-state index in [4.69, 9.17) is 4.74 Å². The molecule has 1 aliphatic rings. The number of fused-ring (bicyclic) bond motifs is 1. The Hall–Kier alpha value is -3.16. The van der Waals surface area contributed by atoms with Crippen LogP contribution in [0, 0.1) is 13.8 Å². The quantitative estimate of drug-likeness (QED) is 0.720. The molecule has 7 heteroatoms. The second-order valence-electron chi connectivity index (χ2n) is 7.09. The van der Waals surface area contributed by atoms with Crippen molar-refractivity contribution >= 4 is 11.6 Å². The van der Waals surface area contributed by atoms with Crippen molar-refractivity contribution in [3.63, 3.8) is 0 Å². The number of ether oxygens (including phenoxy) is 1. The van der Waals surface area contributed by atoms with Gasteiger partial charge in [0.05, 0.1) is 19.9 Å². The minimum absolute atomic E-state index is 0.0278. The van der Waals surface area contributed by atoms with Crippen LogP contribution in [0.15, 0.2) is 59.4 Å². The van der Waals surface area contributed by atoms with Crippen LogP contribution in [0.3, 0.4) is 0 Å². The number of anilines is 2. The minimum Gasteiger partial charge on any atom is -0.457 e. The first kappa shape index (κ1) is 19.2. The number of aliphatic hydroxyl groups is 1. The lowest BCUT2D eigenvalue weighted by Gasteiger charge is -2.38. The second kappa shape index (κ2) is 8.06. The van der Waals surface area contributed by atoms with E-state index in [0.29, 0.717) is 31.4 Å². The lowest BCUT2D eigenvalue weighted by molar-refractivity contribution is 0.152. The first-order valence-electron chi connectivity index (χ1n) is 9.58. The van der Waals surface area contributed by atoms with Gasteiger partial charge in [-0.25, -0.2) is 4.98 Å². The van der Waals surface area contributed by atoms with Gasteiger partial charge in [-0.05, 0) is 50.2 Å². The number of aromatic nitrogens is 2. The Bertz CT molecular complexity index is 1050. The summed E-state index contributed by atoms with van der Waals surface area (Å²) in [4.78, 5) is 21.5. The van der Waals surface area contributed by atoms with Crippen molar-refractivity contribution in [1.29, 1.82) is 0 Å². The van der Waals surface area contributed by atoms with Gasteiger partial charge in [0, 0.05) is 23.5 Å². The Balaban J connectivity index is 1.67. The molecule has 0 bridgehead atoms. The highest BCUT2D eigenvalue weighted by molar-refractivity contribution is 5.59. The molecule has 2 heterocycles. The summed E-state index contributed by atoms with van der Waals surface area (Å²) in [5, 5.41) is 9.39. The third-order valence-electron chi connectivity index (χ3n) is 5.09. The van der Waals surface area contributed by atoms with Crippen LogP contribution >= 0.6 is 0 Å². The lowest BCUT2D eigenvalue weighted by Crippen LogP contribution is -2.48. The molecular formula is C22H24N4O3. The number of aryl methyl sites for hydroxylation is 1. The van der Waals surface area contributed by atoms with Crippen LogP contribution in [0.2, 0.25) is 0 Å². The molecule has 3 aromatic rings. The summed E-state index contributed by atoms with van der Waals surface area (Å²) in [5.74, 6) is 2.12. The molecule has 29 heavy (non-hydrogen) atoms. The van der Waals surface area contributed by atoms with E-state index in [1.165, 1.54) is 0 Å². The predicted octanol–water partition coefficient (Wildman–Crippen LogP) is 3.01. The summed E-state index contributed by atoms with van der Waals surface area (Å²) in [6.45, 7) is 5.10. The summed E-state index contributed by atoms with van der Waals surface area (Å²) in [6.07, 6.45) is 0. The number of β-amino-alcohol motifs (C(OH)–C–C–N with tert-alkyl or cyclic N) is 1. The number of hydrogen-bond acceptors (Lipinski definition) is 6. The molecule has 0 aliphatic carbocycles. The zero-order chi connectivity index (χ0) is 20.4. The van der Waals surface area contributed by atoms with E-state index in [1.807, 2.05) is 71.3 Å². The van der Waals surface area contributed by atoms with Crippen molar-refractivity contribution < 1.29 is 9.84 Å². The van der Waals surface area contributed by atoms with Crippen molar-refractivity contribution in [3.05, 3.63) is 76.2 Å². The van der Waals surface area contributed by atoms with Crippen molar-refractivity contribution in [3.8, 4) is 11.5 Å². The van der Waals surface area contributed by atoms with Gasteiger partial charge in [-0.3, -0.25) is 19.2 Å². The molecule has 0 spiro atoms. The van der Waals surface area contributed by atoms with Crippen LogP contribution in [-0.4, -0.2) is 39.4 Å². The molecule has 2 aromatic carbocycles.